The van der Waals surface area contributed by atoms with Gasteiger partial charge in [-0.05, 0) is 24.6 Å². The molecule has 0 atom stereocenters. The number of unbranched alkanes of at least 4 members (excludes halogenated alkanes) is 1. The Morgan fingerprint density at radius 1 is 1.20 bits per heavy atom. The summed E-state index contributed by atoms with van der Waals surface area (Å²) in [5, 5.41) is 0. The Morgan fingerprint density at radius 3 is 2.65 bits per heavy atom. The summed E-state index contributed by atoms with van der Waals surface area (Å²) in [5.74, 6) is 0.453. The Kier molecular flexibility index (Phi) is 5.30. The Labute approximate surface area is 123 Å². The topological polar surface area (TPSA) is 46.1 Å². The third-order valence-corrected chi connectivity index (χ3v) is 3.31. The van der Waals surface area contributed by atoms with Crippen LogP contribution in [0.25, 0.3) is 11.0 Å². The van der Waals surface area contributed by atoms with E-state index in [-0.39, 0.29) is 5.91 Å². The van der Waals surface area contributed by atoms with Crippen molar-refractivity contribution in [1.29, 1.82) is 0 Å². The second-order valence-corrected chi connectivity index (χ2v) is 4.97. The van der Waals surface area contributed by atoms with Crippen molar-refractivity contribution in [2.45, 2.75) is 19.8 Å². The van der Waals surface area contributed by atoms with Crippen molar-refractivity contribution in [1.82, 2.24) is 14.9 Å². The van der Waals surface area contributed by atoms with Gasteiger partial charge in [0.15, 0.2) is 0 Å². The minimum Gasteiger partial charge on any atom is -0.337 e. The van der Waals surface area contributed by atoms with Crippen LogP contribution < -0.4 is 0 Å². The molecular formula is C15H18ClN3O. The highest BCUT2D eigenvalue weighted by atomic mass is 35.5. The number of fused-ring (bicyclic) bond motifs is 1. The molecule has 1 heterocycles. The molecule has 5 heteroatoms. The normalized spacial score (nSPS) is 10.7. The number of benzene rings is 1. The minimum absolute atomic E-state index is 0.00616. The van der Waals surface area contributed by atoms with Gasteiger partial charge in [-0.1, -0.05) is 13.3 Å². The van der Waals surface area contributed by atoms with E-state index in [1.807, 2.05) is 6.07 Å². The van der Waals surface area contributed by atoms with Crippen LogP contribution in [0.15, 0.2) is 30.6 Å². The third kappa shape index (κ3) is 3.45. The maximum atomic E-state index is 12.5. The summed E-state index contributed by atoms with van der Waals surface area (Å²) >= 11 is 5.79. The van der Waals surface area contributed by atoms with E-state index in [9.17, 15) is 4.79 Å². The molecule has 0 aliphatic heterocycles. The summed E-state index contributed by atoms with van der Waals surface area (Å²) < 4.78 is 0. The van der Waals surface area contributed by atoms with E-state index in [4.69, 9.17) is 11.6 Å². The molecule has 0 unspecified atom stereocenters. The molecule has 0 saturated carbocycles. The first-order chi connectivity index (χ1) is 9.76. The minimum atomic E-state index is 0.00616. The van der Waals surface area contributed by atoms with E-state index in [0.717, 1.165) is 30.4 Å². The highest BCUT2D eigenvalue weighted by molar-refractivity contribution is 6.18. The summed E-state index contributed by atoms with van der Waals surface area (Å²) in [6, 6.07) is 5.42. The molecule has 20 heavy (non-hydrogen) atoms. The Bertz CT molecular complexity index is 588. The summed E-state index contributed by atoms with van der Waals surface area (Å²) in [5.41, 5.74) is 2.17. The van der Waals surface area contributed by atoms with Crippen LogP contribution in [0.2, 0.25) is 0 Å². The average Bonchev–Trinajstić information content (AvgIpc) is 2.50. The molecule has 0 spiro atoms. The Balaban J connectivity index is 2.23. The fourth-order valence-electron chi connectivity index (χ4n) is 2.04. The van der Waals surface area contributed by atoms with Crippen LogP contribution in [0.5, 0.6) is 0 Å². The van der Waals surface area contributed by atoms with Gasteiger partial charge in [0, 0.05) is 36.9 Å². The maximum absolute atomic E-state index is 12.5. The maximum Gasteiger partial charge on any atom is 0.253 e. The van der Waals surface area contributed by atoms with Crippen LogP contribution in [0.1, 0.15) is 30.1 Å². The van der Waals surface area contributed by atoms with Crippen LogP contribution in [0, 0.1) is 0 Å². The van der Waals surface area contributed by atoms with Crippen LogP contribution in [-0.2, 0) is 0 Å². The lowest BCUT2D eigenvalue weighted by atomic mass is 10.1. The number of amides is 1. The van der Waals surface area contributed by atoms with Gasteiger partial charge in [0.25, 0.3) is 5.91 Å². The Hall–Kier alpha value is -1.68. The molecule has 1 aromatic carbocycles. The predicted octanol–water partition coefficient (Wildman–Crippen LogP) is 3.11. The highest BCUT2D eigenvalue weighted by Gasteiger charge is 2.15. The van der Waals surface area contributed by atoms with Crippen LogP contribution in [-0.4, -0.2) is 39.7 Å². The first-order valence-corrected chi connectivity index (χ1v) is 7.35. The Morgan fingerprint density at radius 2 is 1.95 bits per heavy atom. The van der Waals surface area contributed by atoms with E-state index in [1.54, 1.807) is 29.4 Å². The van der Waals surface area contributed by atoms with Crippen molar-refractivity contribution in [3.8, 4) is 0 Å². The number of hydrogen-bond acceptors (Lipinski definition) is 3. The molecule has 0 fully saturated rings. The van der Waals surface area contributed by atoms with Gasteiger partial charge in [0.2, 0.25) is 0 Å². The van der Waals surface area contributed by atoms with Crippen molar-refractivity contribution in [3.63, 3.8) is 0 Å². The predicted molar refractivity (Wildman–Crippen MR) is 81.1 cm³/mol. The summed E-state index contributed by atoms with van der Waals surface area (Å²) in [4.78, 5) is 22.7. The second-order valence-electron chi connectivity index (χ2n) is 4.59. The molecule has 2 aromatic rings. The molecule has 1 amide bonds. The second kappa shape index (κ2) is 7.20. The SMILES string of the molecule is CCCCN(CCCl)C(=O)c1ccc2nccnc2c1. The fraction of sp³-hybridized carbons (Fsp3) is 0.400. The molecule has 1 aromatic heterocycles. The molecular weight excluding hydrogens is 274 g/mol. The molecule has 0 aliphatic rings. The van der Waals surface area contributed by atoms with Gasteiger partial charge in [-0.15, -0.1) is 11.6 Å². The number of carbonyl (C=O) groups is 1. The molecule has 4 nitrogen and oxygen atoms in total. The fourth-order valence-corrected chi connectivity index (χ4v) is 2.25. The summed E-state index contributed by atoms with van der Waals surface area (Å²) in [6.45, 7) is 3.41. The number of halogens is 1. The van der Waals surface area contributed by atoms with Crippen LogP contribution in [0.3, 0.4) is 0 Å². The van der Waals surface area contributed by atoms with Crippen molar-refractivity contribution in [2.24, 2.45) is 0 Å². The van der Waals surface area contributed by atoms with Gasteiger partial charge in [-0.2, -0.15) is 0 Å². The lowest BCUT2D eigenvalue weighted by Gasteiger charge is -2.21. The number of hydrogen-bond donors (Lipinski definition) is 0. The van der Waals surface area contributed by atoms with Gasteiger partial charge in [-0.25, -0.2) is 0 Å². The van der Waals surface area contributed by atoms with E-state index in [2.05, 4.69) is 16.9 Å². The van der Waals surface area contributed by atoms with Crippen LogP contribution in [0.4, 0.5) is 0 Å². The number of aromatic nitrogens is 2. The van der Waals surface area contributed by atoms with Gasteiger partial charge < -0.3 is 4.90 Å². The summed E-state index contributed by atoms with van der Waals surface area (Å²) in [6.07, 6.45) is 5.31. The van der Waals surface area contributed by atoms with Gasteiger partial charge in [0.1, 0.15) is 0 Å². The molecule has 0 radical (unpaired) electrons. The first-order valence-electron chi connectivity index (χ1n) is 6.82. The monoisotopic (exact) mass is 291 g/mol. The molecule has 106 valence electrons. The number of carbonyl (C=O) groups excluding carboxylic acids is 1. The van der Waals surface area contributed by atoms with Crippen LogP contribution >= 0.6 is 11.6 Å². The van der Waals surface area contributed by atoms with Gasteiger partial charge >= 0.3 is 0 Å². The zero-order valence-corrected chi connectivity index (χ0v) is 12.3. The van der Waals surface area contributed by atoms with E-state index in [1.165, 1.54) is 0 Å². The summed E-state index contributed by atoms with van der Waals surface area (Å²) in [7, 11) is 0. The lowest BCUT2D eigenvalue weighted by molar-refractivity contribution is 0.0763. The zero-order valence-electron chi connectivity index (χ0n) is 11.6. The standard InChI is InChI=1S/C15H18ClN3O/c1-2-3-9-19(10-6-16)15(20)12-4-5-13-14(11-12)18-8-7-17-13/h4-5,7-8,11H,2-3,6,9-10H2,1H3. The zero-order chi connectivity index (χ0) is 14.4. The third-order valence-electron chi connectivity index (χ3n) is 3.14. The van der Waals surface area contributed by atoms with Crippen molar-refractivity contribution in [3.05, 3.63) is 36.2 Å². The lowest BCUT2D eigenvalue weighted by Crippen LogP contribution is -2.33. The molecule has 0 saturated heterocycles. The number of rotatable bonds is 6. The molecule has 2 rings (SSSR count). The molecule has 0 aliphatic carbocycles. The van der Waals surface area contributed by atoms with Crippen molar-refractivity contribution < 1.29 is 4.79 Å². The van der Waals surface area contributed by atoms with Crippen molar-refractivity contribution in [2.75, 3.05) is 19.0 Å². The first kappa shape index (κ1) is 14.7. The number of nitrogens with zero attached hydrogens (tertiary/aromatic N) is 3. The molecule has 0 bridgehead atoms. The van der Waals surface area contributed by atoms with Gasteiger partial charge in [-0.3, -0.25) is 14.8 Å². The quantitative estimate of drug-likeness (QED) is 0.768. The van der Waals surface area contributed by atoms with E-state index in [0.29, 0.717) is 18.0 Å². The number of alkyl halides is 1. The smallest absolute Gasteiger partial charge is 0.253 e. The average molecular weight is 292 g/mol. The largest absolute Gasteiger partial charge is 0.337 e. The molecule has 0 N–H and O–H groups in total. The van der Waals surface area contributed by atoms with Crippen molar-refractivity contribution >= 4 is 28.5 Å². The van der Waals surface area contributed by atoms with Gasteiger partial charge in [0.05, 0.1) is 11.0 Å². The van der Waals surface area contributed by atoms with E-state index < -0.39 is 0 Å². The highest BCUT2D eigenvalue weighted by Crippen LogP contribution is 2.13. The van der Waals surface area contributed by atoms with E-state index >= 15 is 0 Å².